The molecule has 1 N–H and O–H groups in total. The van der Waals surface area contributed by atoms with Crippen LogP contribution in [0.4, 0.5) is 0 Å². The largest absolute Gasteiger partial charge is 0.457 e. The van der Waals surface area contributed by atoms with E-state index in [1.54, 1.807) is 6.92 Å². The van der Waals surface area contributed by atoms with Crippen molar-refractivity contribution >= 4 is 11.9 Å². The van der Waals surface area contributed by atoms with Gasteiger partial charge in [-0.25, -0.2) is 4.79 Å². The van der Waals surface area contributed by atoms with Crippen LogP contribution in [0.25, 0.3) is 0 Å². The Morgan fingerprint density at radius 1 is 1.38 bits per heavy atom. The first-order chi connectivity index (χ1) is 9.79. The molecule has 0 aromatic heterocycles. The Bertz CT molecular complexity index is 642. The number of hydrogen-bond acceptors (Lipinski definition) is 6. The summed E-state index contributed by atoms with van der Waals surface area (Å²) in [6.45, 7) is 7.55. The number of fused-ring (bicyclic) bond motifs is 4. The summed E-state index contributed by atoms with van der Waals surface area (Å²) < 4.78 is 16.6. The summed E-state index contributed by atoms with van der Waals surface area (Å²) in [7, 11) is 0. The highest BCUT2D eigenvalue weighted by atomic mass is 16.7. The monoisotopic (exact) mass is 292 g/mol. The molecule has 3 saturated heterocycles. The van der Waals surface area contributed by atoms with Crippen molar-refractivity contribution in [1.82, 2.24) is 0 Å². The fourth-order valence-electron chi connectivity index (χ4n) is 5.59. The topological polar surface area (TPSA) is 85.4 Å². The molecule has 0 amide bonds. The normalized spacial score (nSPS) is 62.0. The maximum absolute atomic E-state index is 12.3. The first-order valence-electron chi connectivity index (χ1n) is 7.26. The van der Waals surface area contributed by atoms with Crippen LogP contribution in [0.2, 0.25) is 0 Å². The van der Waals surface area contributed by atoms with Crippen LogP contribution in [0.3, 0.4) is 0 Å². The van der Waals surface area contributed by atoms with E-state index < -0.39 is 46.7 Å². The first kappa shape index (κ1) is 12.2. The van der Waals surface area contributed by atoms with Gasteiger partial charge in [0.15, 0.2) is 6.10 Å². The molecule has 0 radical (unpaired) electrons. The van der Waals surface area contributed by atoms with Gasteiger partial charge in [0.05, 0.1) is 16.9 Å². The first-order valence-corrected chi connectivity index (χ1v) is 7.26. The van der Waals surface area contributed by atoms with Crippen LogP contribution in [-0.4, -0.2) is 46.6 Å². The molecule has 5 rings (SSSR count). The van der Waals surface area contributed by atoms with Crippen molar-refractivity contribution in [3.05, 3.63) is 12.2 Å². The van der Waals surface area contributed by atoms with E-state index in [0.717, 1.165) is 5.57 Å². The lowest BCUT2D eigenvalue weighted by Crippen LogP contribution is -2.66. The summed E-state index contributed by atoms with van der Waals surface area (Å²) in [6.07, 6.45) is -1.34. The second kappa shape index (κ2) is 2.90. The summed E-state index contributed by atoms with van der Waals surface area (Å²) in [5.74, 6) is -1.86. The second-order valence-corrected chi connectivity index (χ2v) is 7.25. The maximum atomic E-state index is 12.3. The van der Waals surface area contributed by atoms with Crippen molar-refractivity contribution in [2.45, 2.75) is 49.8 Å². The molecule has 0 aromatic rings. The molecular formula is C15H16O6. The van der Waals surface area contributed by atoms with Crippen LogP contribution in [0.1, 0.15) is 20.3 Å². The SMILES string of the molecule is C=C(C)[C@H]1[C@H]2OC(=O)[C@@H]1[C@]1(O)C[C@H]3O[C@@]34C(=O)O[C@H]2[C@]14C. The number of carbonyl (C=O) groups is 2. The summed E-state index contributed by atoms with van der Waals surface area (Å²) in [5.41, 5.74) is -2.60. The molecule has 3 heterocycles. The molecular weight excluding hydrogens is 276 g/mol. The summed E-state index contributed by atoms with van der Waals surface area (Å²) in [4.78, 5) is 24.7. The Morgan fingerprint density at radius 3 is 2.76 bits per heavy atom. The Balaban J connectivity index is 1.78. The van der Waals surface area contributed by atoms with Gasteiger partial charge >= 0.3 is 11.9 Å². The van der Waals surface area contributed by atoms with Crippen molar-refractivity contribution in [3.8, 4) is 0 Å². The van der Waals surface area contributed by atoms with Gasteiger partial charge in [-0.2, -0.15) is 0 Å². The number of carbonyl (C=O) groups excluding carboxylic acids is 2. The Morgan fingerprint density at radius 2 is 2.10 bits per heavy atom. The fourth-order valence-corrected chi connectivity index (χ4v) is 5.59. The van der Waals surface area contributed by atoms with Crippen LogP contribution in [-0.2, 0) is 23.8 Å². The van der Waals surface area contributed by atoms with Gasteiger partial charge in [0.2, 0.25) is 5.60 Å². The fraction of sp³-hybridized carbons (Fsp3) is 0.733. The molecule has 0 unspecified atom stereocenters. The number of esters is 2. The van der Waals surface area contributed by atoms with E-state index in [4.69, 9.17) is 14.2 Å². The Labute approximate surface area is 121 Å². The van der Waals surface area contributed by atoms with Gasteiger partial charge in [-0.1, -0.05) is 12.2 Å². The van der Waals surface area contributed by atoms with Gasteiger partial charge in [0.25, 0.3) is 0 Å². The van der Waals surface area contributed by atoms with Crippen molar-refractivity contribution in [2.24, 2.45) is 17.3 Å². The zero-order chi connectivity index (χ0) is 14.9. The molecule has 5 fully saturated rings. The minimum Gasteiger partial charge on any atom is -0.457 e. The lowest BCUT2D eigenvalue weighted by Gasteiger charge is -2.51. The second-order valence-electron chi connectivity index (χ2n) is 7.25. The third-order valence-corrected chi connectivity index (χ3v) is 6.60. The van der Waals surface area contributed by atoms with Gasteiger partial charge in [-0.3, -0.25) is 4.79 Å². The lowest BCUT2D eigenvalue weighted by atomic mass is 9.53. The van der Waals surface area contributed by atoms with Crippen LogP contribution in [0.15, 0.2) is 12.2 Å². The molecule has 8 atom stereocenters. The van der Waals surface area contributed by atoms with Crippen molar-refractivity contribution in [2.75, 3.05) is 0 Å². The molecule has 2 aliphatic carbocycles. The average Bonchev–Trinajstić information content (AvgIpc) is 2.86. The van der Waals surface area contributed by atoms with E-state index in [1.807, 2.05) is 6.92 Å². The third kappa shape index (κ3) is 0.874. The Kier molecular flexibility index (Phi) is 1.68. The van der Waals surface area contributed by atoms with Crippen molar-refractivity contribution in [3.63, 3.8) is 0 Å². The standard InChI is InChI=1S/C15H16O6/c1-5(2)7-8-11(16)19-9(7)10-13(3)14(8,18)4-6-15(13,21-6)12(17)20-10/h6-10,18H,1,4H2,2-3H3/t6-,7-,8-,9-,10-,13-,14-,15-/m1/s1. The van der Waals surface area contributed by atoms with Crippen molar-refractivity contribution in [1.29, 1.82) is 0 Å². The van der Waals surface area contributed by atoms with Gasteiger partial charge in [0, 0.05) is 12.3 Å². The molecule has 3 aliphatic heterocycles. The van der Waals surface area contributed by atoms with Crippen molar-refractivity contribution < 1.29 is 28.9 Å². The highest BCUT2D eigenvalue weighted by Crippen LogP contribution is 2.76. The molecule has 21 heavy (non-hydrogen) atoms. The number of hydrogen-bond donors (Lipinski definition) is 1. The van der Waals surface area contributed by atoms with Gasteiger partial charge < -0.3 is 19.3 Å². The predicted molar refractivity (Wildman–Crippen MR) is 66.8 cm³/mol. The molecule has 1 spiro atoms. The smallest absolute Gasteiger partial charge is 0.342 e. The summed E-state index contributed by atoms with van der Waals surface area (Å²) in [5, 5.41) is 11.4. The Hall–Kier alpha value is -1.40. The van der Waals surface area contributed by atoms with E-state index in [-0.39, 0.29) is 18.4 Å². The van der Waals surface area contributed by atoms with Crippen LogP contribution in [0.5, 0.6) is 0 Å². The number of rotatable bonds is 1. The quantitative estimate of drug-likeness (QED) is 0.414. The molecule has 6 nitrogen and oxygen atoms in total. The number of aliphatic hydroxyl groups is 1. The van der Waals surface area contributed by atoms with Crippen LogP contribution in [0, 0.1) is 17.3 Å². The van der Waals surface area contributed by atoms with E-state index >= 15 is 0 Å². The van der Waals surface area contributed by atoms with Gasteiger partial charge in [-0.05, 0) is 13.8 Å². The van der Waals surface area contributed by atoms with Crippen LogP contribution >= 0.6 is 0 Å². The van der Waals surface area contributed by atoms with Gasteiger partial charge in [0.1, 0.15) is 12.2 Å². The van der Waals surface area contributed by atoms with E-state index in [2.05, 4.69) is 6.58 Å². The molecule has 6 heteroatoms. The van der Waals surface area contributed by atoms with Gasteiger partial charge in [-0.15, -0.1) is 0 Å². The zero-order valence-corrected chi connectivity index (χ0v) is 11.8. The highest BCUT2D eigenvalue weighted by molar-refractivity contribution is 5.91. The molecule has 0 aromatic carbocycles. The number of epoxide rings is 1. The highest BCUT2D eigenvalue weighted by Gasteiger charge is 2.95. The molecule has 112 valence electrons. The van der Waals surface area contributed by atoms with E-state index in [9.17, 15) is 14.7 Å². The van der Waals surface area contributed by atoms with Crippen LogP contribution < -0.4 is 0 Å². The summed E-state index contributed by atoms with van der Waals surface area (Å²) >= 11 is 0. The minimum absolute atomic E-state index is 0.269. The summed E-state index contributed by atoms with van der Waals surface area (Å²) in [6, 6.07) is 0. The molecule has 2 saturated carbocycles. The zero-order valence-electron chi connectivity index (χ0n) is 11.8. The molecule has 2 bridgehead atoms. The van der Waals surface area contributed by atoms with E-state index in [0.29, 0.717) is 0 Å². The lowest BCUT2D eigenvalue weighted by molar-refractivity contribution is -0.195. The minimum atomic E-state index is -1.35. The maximum Gasteiger partial charge on any atom is 0.342 e. The predicted octanol–water partition coefficient (Wildman–Crippen LogP) is -0.0620. The average molecular weight is 292 g/mol. The number of ether oxygens (including phenoxy) is 3. The van der Waals surface area contributed by atoms with E-state index in [1.165, 1.54) is 0 Å². The molecule has 5 aliphatic rings. The third-order valence-electron chi connectivity index (χ3n) is 6.60.